The molecule has 2 heterocycles. The molecule has 0 bridgehead atoms. The number of nitrogens with one attached hydrogen (secondary N) is 1. The first-order chi connectivity index (χ1) is 17.4. The predicted molar refractivity (Wildman–Crippen MR) is 125 cm³/mol. The summed E-state index contributed by atoms with van der Waals surface area (Å²) in [5.41, 5.74) is 3.92. The van der Waals surface area contributed by atoms with E-state index in [1.807, 2.05) is 6.07 Å². The van der Waals surface area contributed by atoms with Gasteiger partial charge >= 0.3 is 6.18 Å². The van der Waals surface area contributed by atoms with Gasteiger partial charge in [-0.3, -0.25) is 14.3 Å². The molecule has 188 valence electrons. The minimum absolute atomic E-state index is 0.0146. The van der Waals surface area contributed by atoms with Gasteiger partial charge < -0.3 is 11.1 Å². The maximum Gasteiger partial charge on any atom is 0.437 e. The zero-order chi connectivity index (χ0) is 27.1. The molecule has 0 aliphatic heterocycles. The van der Waals surface area contributed by atoms with Gasteiger partial charge in [-0.2, -0.15) is 23.5 Å². The average Bonchev–Trinajstić information content (AvgIpc) is 3.15. The third-order valence-corrected chi connectivity index (χ3v) is 5.72. The van der Waals surface area contributed by atoms with E-state index in [9.17, 15) is 27.2 Å². The van der Waals surface area contributed by atoms with Crippen molar-refractivity contribution >= 4 is 28.4 Å². The van der Waals surface area contributed by atoms with Crippen molar-refractivity contribution in [2.75, 3.05) is 5.32 Å². The first kappa shape index (κ1) is 25.3. The number of alkyl halides is 3. The third kappa shape index (κ3) is 4.97. The Morgan fingerprint density at radius 2 is 1.81 bits per heavy atom. The lowest BCUT2D eigenvalue weighted by Gasteiger charge is -2.12. The number of pyridine rings is 1. The number of benzene rings is 2. The van der Waals surface area contributed by atoms with Gasteiger partial charge in [0.2, 0.25) is 0 Å². The van der Waals surface area contributed by atoms with E-state index in [2.05, 4.69) is 15.4 Å². The fraction of sp³-hybridized carbons (Fsp3) is 0.160. The van der Waals surface area contributed by atoms with E-state index in [-0.39, 0.29) is 40.0 Å². The monoisotopic (exact) mass is 510 g/mol. The molecule has 0 saturated heterocycles. The van der Waals surface area contributed by atoms with E-state index in [0.29, 0.717) is 11.1 Å². The number of halogens is 4. The van der Waals surface area contributed by atoms with E-state index in [1.165, 1.54) is 32.0 Å². The topological polar surface area (TPSA) is 127 Å². The van der Waals surface area contributed by atoms with Gasteiger partial charge in [-0.15, -0.1) is 0 Å². The van der Waals surface area contributed by atoms with Crippen molar-refractivity contribution < 1.29 is 27.2 Å². The molecule has 0 saturated carbocycles. The molecule has 4 rings (SSSR count). The predicted octanol–water partition coefficient (Wildman–Crippen LogP) is 4.48. The summed E-state index contributed by atoms with van der Waals surface area (Å²) < 4.78 is 56.8. The number of hydrogen-bond donors (Lipinski definition) is 2. The minimum Gasteiger partial charge on any atom is -0.364 e. The first-order valence-corrected chi connectivity index (χ1v) is 10.7. The van der Waals surface area contributed by atoms with E-state index in [0.717, 1.165) is 16.8 Å². The summed E-state index contributed by atoms with van der Waals surface area (Å²) in [6.07, 6.45) is -4.90. The number of fused-ring (bicyclic) bond motifs is 1. The molecular weight excluding hydrogens is 492 g/mol. The van der Waals surface area contributed by atoms with Crippen LogP contribution in [0.15, 0.2) is 42.5 Å². The second kappa shape index (κ2) is 9.34. The zero-order valence-corrected chi connectivity index (χ0v) is 19.4. The van der Waals surface area contributed by atoms with Crippen molar-refractivity contribution in [1.82, 2.24) is 14.8 Å². The van der Waals surface area contributed by atoms with Crippen molar-refractivity contribution in [1.29, 1.82) is 5.26 Å². The largest absolute Gasteiger partial charge is 0.437 e. The number of nitrogens with zero attached hydrogens (tertiary/aromatic N) is 4. The smallest absolute Gasteiger partial charge is 0.364 e. The Labute approximate surface area is 207 Å². The van der Waals surface area contributed by atoms with Gasteiger partial charge in [-0.1, -0.05) is 12.1 Å². The lowest BCUT2D eigenvalue weighted by atomic mass is 10.0. The fourth-order valence-electron chi connectivity index (χ4n) is 3.76. The first-order valence-electron chi connectivity index (χ1n) is 10.7. The molecule has 0 radical (unpaired) electrons. The maximum absolute atomic E-state index is 14.1. The van der Waals surface area contributed by atoms with Crippen molar-refractivity contribution in [2.45, 2.75) is 26.6 Å². The van der Waals surface area contributed by atoms with Crippen LogP contribution in [0.25, 0.3) is 10.9 Å². The number of amides is 2. The third-order valence-electron chi connectivity index (χ3n) is 5.72. The lowest BCUT2D eigenvalue weighted by Crippen LogP contribution is -2.19. The number of anilines is 1. The van der Waals surface area contributed by atoms with E-state index < -0.39 is 35.2 Å². The number of carbonyl (C=O) groups excluding carboxylic acids is 2. The van der Waals surface area contributed by atoms with Gasteiger partial charge in [0.1, 0.15) is 11.5 Å². The number of rotatable bonds is 5. The van der Waals surface area contributed by atoms with Crippen LogP contribution >= 0.6 is 0 Å². The van der Waals surface area contributed by atoms with Crippen LogP contribution in [0.2, 0.25) is 0 Å². The Morgan fingerprint density at radius 1 is 1.14 bits per heavy atom. The molecule has 12 heteroatoms. The molecule has 8 nitrogen and oxygen atoms in total. The molecule has 37 heavy (non-hydrogen) atoms. The zero-order valence-electron chi connectivity index (χ0n) is 19.4. The molecule has 0 spiro atoms. The Kier molecular flexibility index (Phi) is 6.39. The van der Waals surface area contributed by atoms with Crippen molar-refractivity contribution in [3.8, 4) is 6.07 Å². The lowest BCUT2D eigenvalue weighted by molar-refractivity contribution is -0.140. The summed E-state index contributed by atoms with van der Waals surface area (Å²) in [6, 6.07) is 11.5. The number of aromatic nitrogens is 3. The van der Waals surface area contributed by atoms with Gasteiger partial charge in [0.25, 0.3) is 11.8 Å². The van der Waals surface area contributed by atoms with Crippen LogP contribution < -0.4 is 11.1 Å². The van der Waals surface area contributed by atoms with E-state index >= 15 is 0 Å². The molecule has 0 aliphatic rings. The van der Waals surface area contributed by atoms with Crippen LogP contribution in [0.4, 0.5) is 23.2 Å². The second-order valence-corrected chi connectivity index (χ2v) is 8.27. The molecule has 0 atom stereocenters. The molecule has 0 unspecified atom stereocenters. The van der Waals surface area contributed by atoms with Gasteiger partial charge in [0.05, 0.1) is 40.6 Å². The van der Waals surface area contributed by atoms with Gasteiger partial charge in [0.15, 0.2) is 5.69 Å². The highest BCUT2D eigenvalue weighted by Gasteiger charge is 2.39. The molecule has 2 aromatic carbocycles. The van der Waals surface area contributed by atoms with Gasteiger partial charge in [-0.05, 0) is 49.2 Å². The van der Waals surface area contributed by atoms with Crippen LogP contribution in [-0.4, -0.2) is 26.6 Å². The van der Waals surface area contributed by atoms with E-state index in [4.69, 9.17) is 11.0 Å². The number of carbonyl (C=O) groups is 2. The molecule has 3 N–H and O–H groups in total. The highest BCUT2D eigenvalue weighted by molar-refractivity contribution is 6.14. The van der Waals surface area contributed by atoms with Crippen LogP contribution in [0.3, 0.4) is 0 Å². The van der Waals surface area contributed by atoms with Crippen LogP contribution in [0, 0.1) is 31.0 Å². The minimum atomic E-state index is -4.90. The summed E-state index contributed by atoms with van der Waals surface area (Å²) >= 11 is 0. The van der Waals surface area contributed by atoms with Gasteiger partial charge in [0, 0.05) is 11.5 Å². The molecule has 0 fully saturated rings. The molecular formula is C25H18F4N6O2. The quantitative estimate of drug-likeness (QED) is 0.383. The maximum atomic E-state index is 14.1. The highest BCUT2D eigenvalue weighted by atomic mass is 19.4. The highest BCUT2D eigenvalue weighted by Crippen LogP contribution is 2.36. The molecule has 4 aromatic rings. The SMILES string of the molecule is Cc1cc2c(C(=O)Nc3c(C(F)(F)F)nn(Cc4ccc(C#N)cc4)c3C)cc(C(N)=O)nc2cc1F. The number of aryl methyl sites for hydroxylation is 1. The van der Waals surface area contributed by atoms with Crippen molar-refractivity contribution in [3.63, 3.8) is 0 Å². The van der Waals surface area contributed by atoms with Crippen molar-refractivity contribution in [2.24, 2.45) is 5.73 Å². The standard InChI is InChI=1S/C25H18F4N6O2/c1-12-7-16-17(8-20(23(31)36)32-19(16)9-18(12)26)24(37)33-21-13(2)35(34-22(21)25(27,28)29)11-15-5-3-14(10-30)4-6-15/h3-9H,11H2,1-2H3,(H2,31,36)(H,33,37). The second-order valence-electron chi connectivity index (χ2n) is 8.27. The molecule has 0 aliphatic carbocycles. The number of nitrogens with two attached hydrogens (primary N) is 1. The molecule has 2 aromatic heterocycles. The van der Waals surface area contributed by atoms with Crippen LogP contribution in [0.5, 0.6) is 0 Å². The summed E-state index contributed by atoms with van der Waals surface area (Å²) in [4.78, 5) is 28.9. The fourth-order valence-corrected chi connectivity index (χ4v) is 3.76. The average molecular weight is 510 g/mol. The Hall–Kier alpha value is -4.79. The van der Waals surface area contributed by atoms with Gasteiger partial charge in [-0.25, -0.2) is 9.37 Å². The van der Waals surface area contributed by atoms with Crippen LogP contribution in [-0.2, 0) is 12.7 Å². The summed E-state index contributed by atoms with van der Waals surface area (Å²) in [5.74, 6) is -2.64. The number of hydrogen-bond acceptors (Lipinski definition) is 5. The number of nitriles is 1. The van der Waals surface area contributed by atoms with Crippen molar-refractivity contribution in [3.05, 3.63) is 87.6 Å². The Bertz CT molecular complexity index is 1600. The van der Waals surface area contributed by atoms with E-state index in [1.54, 1.807) is 12.1 Å². The summed E-state index contributed by atoms with van der Waals surface area (Å²) in [6.45, 7) is 2.75. The Balaban J connectivity index is 1.79. The number of primary amides is 1. The normalized spacial score (nSPS) is 11.4. The summed E-state index contributed by atoms with van der Waals surface area (Å²) in [7, 11) is 0. The Morgan fingerprint density at radius 3 is 2.41 bits per heavy atom. The van der Waals surface area contributed by atoms with Crippen LogP contribution in [0.1, 0.15) is 48.9 Å². The summed E-state index contributed by atoms with van der Waals surface area (Å²) in [5, 5.41) is 15.0. The molecule has 2 amide bonds.